The second-order valence-electron chi connectivity index (χ2n) is 26.0. The monoisotopic (exact) mass is 1130 g/mol. The van der Waals surface area contributed by atoms with Crippen LogP contribution in [0.25, 0.3) is 61.2 Å². The van der Waals surface area contributed by atoms with Gasteiger partial charge in [0, 0.05) is 44.3 Å². The van der Waals surface area contributed by atoms with Gasteiger partial charge < -0.3 is 13.9 Å². The normalized spacial score (nSPS) is 13.0. The summed E-state index contributed by atoms with van der Waals surface area (Å²) in [5.74, 6) is 2.03. The van der Waals surface area contributed by atoms with Crippen molar-refractivity contribution in [2.75, 3.05) is 0 Å². The fraction of sp³-hybridized carbons (Fsp3) is 0.364. The Hall–Kier alpha value is -5.77. The Morgan fingerprint density at radius 1 is 0.472 bits per heavy atom. The molecule has 0 atom stereocenters. The van der Waals surface area contributed by atoms with E-state index in [2.05, 4.69) is 254 Å². The predicted molar refractivity (Wildman–Crippen MR) is 298 cm³/mol. The van der Waals surface area contributed by atoms with Crippen molar-refractivity contribution in [1.29, 1.82) is 0 Å². The number of fused-ring (bicyclic) bond motifs is 4. The molecule has 0 saturated heterocycles. The van der Waals surface area contributed by atoms with Crippen molar-refractivity contribution in [2.45, 2.75) is 157 Å². The summed E-state index contributed by atoms with van der Waals surface area (Å²) in [6.45, 7) is 41.5. The van der Waals surface area contributed by atoms with Crippen molar-refractivity contribution in [3.63, 3.8) is 0 Å². The number of hydrogen-bond acceptors (Lipinski definition) is 2. The van der Waals surface area contributed by atoms with Crippen molar-refractivity contribution >= 4 is 32.8 Å². The van der Waals surface area contributed by atoms with Gasteiger partial charge in [0.1, 0.15) is 5.82 Å². The fourth-order valence-electron chi connectivity index (χ4n) is 9.67. The molecule has 9 rings (SSSR count). The molecule has 6 heteroatoms. The van der Waals surface area contributed by atoms with Crippen molar-refractivity contribution in [2.24, 2.45) is 0 Å². The van der Waals surface area contributed by atoms with E-state index < -0.39 is 0 Å². The zero-order chi connectivity index (χ0) is 51.4. The smallest absolute Gasteiger partial charge is 0.268 e. The molecule has 5 nitrogen and oxygen atoms in total. The van der Waals surface area contributed by atoms with E-state index >= 15 is 0 Å². The summed E-state index contributed by atoms with van der Waals surface area (Å²) in [5, 5.41) is 2.23. The van der Waals surface area contributed by atoms with Gasteiger partial charge in [-0.1, -0.05) is 191 Å². The Bertz CT molecular complexity index is 3440. The molecule has 72 heavy (non-hydrogen) atoms. The number of ether oxygens (including phenoxy) is 1. The summed E-state index contributed by atoms with van der Waals surface area (Å²) in [4.78, 5) is 4.90. The van der Waals surface area contributed by atoms with Gasteiger partial charge in [-0.25, -0.2) is 4.98 Å². The van der Waals surface area contributed by atoms with E-state index in [0.29, 0.717) is 11.5 Å². The van der Waals surface area contributed by atoms with E-state index in [4.69, 9.17) is 9.72 Å². The summed E-state index contributed by atoms with van der Waals surface area (Å²) in [7, 11) is 0. The molecular weight excluding hydrogens is 1060 g/mol. The van der Waals surface area contributed by atoms with Crippen LogP contribution in [0.5, 0.6) is 11.5 Å². The molecule has 0 spiro atoms. The Morgan fingerprint density at radius 3 is 1.65 bits per heavy atom. The zero-order valence-electron chi connectivity index (χ0n) is 46.1. The maximum atomic E-state index is 6.79. The number of benzene rings is 6. The molecule has 0 aliphatic carbocycles. The van der Waals surface area contributed by atoms with E-state index in [9.17, 15) is 0 Å². The Labute approximate surface area is 445 Å². The quantitative estimate of drug-likeness (QED) is 0.123. The maximum Gasteiger partial charge on any atom is 0.268 e. The third-order valence-electron chi connectivity index (χ3n) is 14.1. The molecular formula is C66H74N4OPt-2. The van der Waals surface area contributed by atoms with E-state index in [-0.39, 0.29) is 53.6 Å². The molecule has 0 bridgehead atoms. The van der Waals surface area contributed by atoms with Crippen molar-refractivity contribution in [3.8, 4) is 39.8 Å². The number of rotatable bonds is 6. The first-order chi connectivity index (χ1) is 33.0. The van der Waals surface area contributed by atoms with Gasteiger partial charge in [-0.3, -0.25) is 4.57 Å². The molecule has 0 radical (unpaired) electrons. The summed E-state index contributed by atoms with van der Waals surface area (Å²) >= 11 is 0. The van der Waals surface area contributed by atoms with Gasteiger partial charge in [-0.15, -0.1) is 29.7 Å². The van der Waals surface area contributed by atoms with E-state index in [1.165, 1.54) is 44.6 Å². The van der Waals surface area contributed by atoms with Crippen LogP contribution in [0.2, 0.25) is 0 Å². The fourth-order valence-corrected chi connectivity index (χ4v) is 9.67. The Morgan fingerprint density at radius 2 is 1.06 bits per heavy atom. The van der Waals surface area contributed by atoms with Gasteiger partial charge >= 0.3 is 0 Å². The summed E-state index contributed by atoms with van der Waals surface area (Å²) in [5.41, 5.74) is 15.7. The number of hydrogen-bond donors (Lipinski definition) is 0. The zero-order valence-corrected chi connectivity index (χ0v) is 48.3. The minimum absolute atomic E-state index is 0. The SMILES string of the molecule is CC(C)(C)c1cc(-c2ccc3c(c2)n(-c2[c-]c(Oc4[c-]c5c(cc4)c4ccccc4n5-c4cc(C(C)(C)C)ccn4)ccc2)[c-][n+]3-c2c(C(C)(C)C)cc(C(C)(C)C)cc2C(C)(C)C)cc(C(C)(C)C)c1.[Pt]. The Balaban J connectivity index is 0.00000693. The molecule has 3 heterocycles. The number of pyridine rings is 1. The third kappa shape index (κ3) is 10.1. The minimum atomic E-state index is -0.169. The summed E-state index contributed by atoms with van der Waals surface area (Å²) in [6, 6.07) is 49.4. The van der Waals surface area contributed by atoms with Crippen LogP contribution in [0.15, 0.2) is 121 Å². The van der Waals surface area contributed by atoms with E-state index in [1.54, 1.807) is 0 Å². The molecule has 6 aromatic carbocycles. The van der Waals surface area contributed by atoms with Crippen LogP contribution in [-0.4, -0.2) is 14.1 Å². The van der Waals surface area contributed by atoms with Gasteiger partial charge in [0.25, 0.3) is 6.33 Å². The average molecular weight is 1130 g/mol. The van der Waals surface area contributed by atoms with Crippen LogP contribution in [0.4, 0.5) is 0 Å². The molecule has 0 saturated carbocycles. The second kappa shape index (κ2) is 18.3. The number of nitrogens with zero attached hydrogens (tertiary/aromatic N) is 4. The molecule has 0 amide bonds. The number of imidazole rings is 1. The van der Waals surface area contributed by atoms with E-state index in [1.807, 2.05) is 24.4 Å². The number of aromatic nitrogens is 4. The van der Waals surface area contributed by atoms with Gasteiger partial charge in [-0.05, 0) is 112 Å². The second-order valence-corrected chi connectivity index (χ2v) is 26.0. The van der Waals surface area contributed by atoms with Crippen molar-refractivity contribution in [1.82, 2.24) is 14.1 Å². The topological polar surface area (TPSA) is 35.9 Å². The van der Waals surface area contributed by atoms with Crippen LogP contribution in [0.1, 0.15) is 158 Å². The summed E-state index contributed by atoms with van der Waals surface area (Å²) in [6.07, 6.45) is 5.86. The maximum absolute atomic E-state index is 6.79. The molecule has 0 aliphatic rings. The average Bonchev–Trinajstić information content (AvgIpc) is 3.82. The molecule has 0 fully saturated rings. The van der Waals surface area contributed by atoms with Crippen molar-refractivity contribution < 1.29 is 30.4 Å². The van der Waals surface area contributed by atoms with Gasteiger partial charge in [0.2, 0.25) is 0 Å². The standard InChI is InChI=1S/C66H74N4O.Pt/c1-61(2,3)44-30-31-67-59(38-44)70-55-25-20-19-24-51(55)52-28-27-50(40-57(52)70)71-49-23-21-22-48(39-49)68-41-69(60-53(65(13,14)15)36-47(64(10,11)12)37-54(60)66(16,17)18)56-29-26-42(34-58(56)68)43-32-45(62(4,5)6)35-46(33-43)63(7,8)9;/h19-38H,1-18H3;/q-2;. The van der Waals surface area contributed by atoms with Crippen molar-refractivity contribution in [3.05, 3.63) is 173 Å². The Kier molecular flexibility index (Phi) is 13.4. The summed E-state index contributed by atoms with van der Waals surface area (Å²) < 4.78 is 13.5. The van der Waals surface area contributed by atoms with Gasteiger partial charge in [0.15, 0.2) is 0 Å². The molecule has 0 aliphatic heterocycles. The molecule has 0 unspecified atom stereocenters. The van der Waals surface area contributed by atoms with Gasteiger partial charge in [0.05, 0.1) is 16.7 Å². The van der Waals surface area contributed by atoms with E-state index in [0.717, 1.165) is 49.9 Å². The molecule has 9 aromatic rings. The molecule has 376 valence electrons. The molecule has 0 N–H and O–H groups in total. The van der Waals surface area contributed by atoms with Crippen LogP contribution in [0.3, 0.4) is 0 Å². The number of para-hydroxylation sites is 1. The largest absolute Gasteiger partial charge is 0.510 e. The van der Waals surface area contributed by atoms with Gasteiger partial charge in [-0.2, -0.15) is 18.2 Å². The third-order valence-corrected chi connectivity index (χ3v) is 14.1. The van der Waals surface area contributed by atoms with Crippen LogP contribution < -0.4 is 9.30 Å². The minimum Gasteiger partial charge on any atom is -0.510 e. The first-order valence-corrected chi connectivity index (χ1v) is 25.5. The first kappa shape index (κ1) is 52.5. The van der Waals surface area contributed by atoms with Crippen LogP contribution in [0, 0.1) is 18.5 Å². The predicted octanol–water partition coefficient (Wildman–Crippen LogP) is 17.0. The molecule has 3 aromatic heterocycles. The van der Waals surface area contributed by atoms with Crippen LogP contribution >= 0.6 is 0 Å². The van der Waals surface area contributed by atoms with Crippen LogP contribution in [-0.2, 0) is 53.6 Å². The first-order valence-electron chi connectivity index (χ1n) is 25.5.